The Morgan fingerprint density at radius 1 is 1.40 bits per heavy atom. The summed E-state index contributed by atoms with van der Waals surface area (Å²) in [4.78, 5) is 12.0. The summed E-state index contributed by atoms with van der Waals surface area (Å²) in [6, 6.07) is 6.94. The monoisotopic (exact) mass is 337 g/mol. The van der Waals surface area contributed by atoms with Crippen LogP contribution in [0.25, 0.3) is 0 Å². The maximum Gasteiger partial charge on any atom is 0.272 e. The molecule has 0 fully saturated rings. The van der Waals surface area contributed by atoms with Gasteiger partial charge < -0.3 is 10.4 Å². The van der Waals surface area contributed by atoms with Crippen molar-refractivity contribution in [1.82, 2.24) is 15.1 Å². The maximum absolute atomic E-state index is 12.0. The second-order valence-electron chi connectivity index (χ2n) is 4.54. The average Bonchev–Trinajstić information content (AvgIpc) is 2.69. The first-order valence-electron chi connectivity index (χ1n) is 6.24. The van der Waals surface area contributed by atoms with E-state index in [1.54, 1.807) is 23.9 Å². The molecule has 0 aliphatic rings. The summed E-state index contributed by atoms with van der Waals surface area (Å²) in [5, 5.41) is 16.2. The zero-order valence-electron chi connectivity index (χ0n) is 11.4. The number of phenolic OH excluding ortho intramolecular Hbond substituents is 1. The number of carbonyl (C=O) groups is 1. The standard InChI is InChI=1S/C14H16BrN3O2/c1-9-12(15)13(17-18(9)2)14(20)16-8-7-10-3-5-11(19)6-4-10/h3-6,19H,7-8H2,1-2H3,(H,16,20). The molecule has 0 spiro atoms. The van der Waals surface area contributed by atoms with Crippen molar-refractivity contribution in [2.45, 2.75) is 13.3 Å². The van der Waals surface area contributed by atoms with Gasteiger partial charge in [0.2, 0.25) is 0 Å². The van der Waals surface area contributed by atoms with Crippen LogP contribution in [0.1, 0.15) is 21.7 Å². The number of phenols is 1. The van der Waals surface area contributed by atoms with Gasteiger partial charge in [-0.05, 0) is 47.0 Å². The molecule has 1 aromatic heterocycles. The van der Waals surface area contributed by atoms with Crippen molar-refractivity contribution in [1.29, 1.82) is 0 Å². The maximum atomic E-state index is 12.0. The topological polar surface area (TPSA) is 67.2 Å². The second-order valence-corrected chi connectivity index (χ2v) is 5.34. The fourth-order valence-corrected chi connectivity index (χ4v) is 2.31. The lowest BCUT2D eigenvalue weighted by Crippen LogP contribution is -2.26. The van der Waals surface area contributed by atoms with E-state index in [0.717, 1.165) is 15.7 Å². The molecular formula is C14H16BrN3O2. The fourth-order valence-electron chi connectivity index (χ4n) is 1.79. The van der Waals surface area contributed by atoms with Gasteiger partial charge in [0.1, 0.15) is 5.75 Å². The highest BCUT2D eigenvalue weighted by Crippen LogP contribution is 2.19. The normalized spacial score (nSPS) is 10.6. The van der Waals surface area contributed by atoms with Crippen molar-refractivity contribution in [2.24, 2.45) is 7.05 Å². The molecular weight excluding hydrogens is 322 g/mol. The van der Waals surface area contributed by atoms with Gasteiger partial charge in [-0.2, -0.15) is 5.10 Å². The van der Waals surface area contributed by atoms with Crippen LogP contribution in [-0.4, -0.2) is 27.3 Å². The molecule has 1 aromatic carbocycles. The largest absolute Gasteiger partial charge is 0.508 e. The van der Waals surface area contributed by atoms with Gasteiger partial charge in [-0.25, -0.2) is 0 Å². The second kappa shape index (κ2) is 6.09. The molecule has 0 aliphatic carbocycles. The summed E-state index contributed by atoms with van der Waals surface area (Å²) < 4.78 is 2.39. The lowest BCUT2D eigenvalue weighted by Gasteiger charge is -2.04. The lowest BCUT2D eigenvalue weighted by atomic mass is 10.1. The smallest absolute Gasteiger partial charge is 0.272 e. The van der Waals surface area contributed by atoms with E-state index in [0.29, 0.717) is 18.7 Å². The Morgan fingerprint density at radius 3 is 2.60 bits per heavy atom. The number of benzene rings is 1. The average molecular weight is 338 g/mol. The van der Waals surface area contributed by atoms with Gasteiger partial charge >= 0.3 is 0 Å². The Morgan fingerprint density at radius 2 is 2.05 bits per heavy atom. The lowest BCUT2D eigenvalue weighted by molar-refractivity contribution is 0.0947. The number of aryl methyl sites for hydroxylation is 1. The number of rotatable bonds is 4. The van der Waals surface area contributed by atoms with Crippen LogP contribution >= 0.6 is 15.9 Å². The number of hydrogen-bond donors (Lipinski definition) is 2. The summed E-state index contributed by atoms with van der Waals surface area (Å²) in [6.07, 6.45) is 0.704. The molecule has 0 aliphatic heterocycles. The van der Waals surface area contributed by atoms with Crippen LogP contribution in [-0.2, 0) is 13.5 Å². The van der Waals surface area contributed by atoms with Crippen molar-refractivity contribution in [3.8, 4) is 5.75 Å². The van der Waals surface area contributed by atoms with E-state index < -0.39 is 0 Å². The number of nitrogens with zero attached hydrogens (tertiary/aromatic N) is 2. The molecule has 0 bridgehead atoms. The highest BCUT2D eigenvalue weighted by atomic mass is 79.9. The molecule has 0 atom stereocenters. The zero-order chi connectivity index (χ0) is 14.7. The van der Waals surface area contributed by atoms with Crippen LogP contribution in [0.3, 0.4) is 0 Å². The molecule has 1 amide bonds. The van der Waals surface area contributed by atoms with Crippen molar-refractivity contribution in [3.63, 3.8) is 0 Å². The molecule has 20 heavy (non-hydrogen) atoms. The molecule has 0 saturated heterocycles. The molecule has 0 saturated carbocycles. The number of hydrogen-bond acceptors (Lipinski definition) is 3. The van der Waals surface area contributed by atoms with Gasteiger partial charge in [-0.15, -0.1) is 0 Å². The van der Waals surface area contributed by atoms with Crippen molar-refractivity contribution in [2.75, 3.05) is 6.54 Å². The van der Waals surface area contributed by atoms with Gasteiger partial charge in [-0.1, -0.05) is 12.1 Å². The number of aromatic nitrogens is 2. The number of nitrogens with one attached hydrogen (secondary N) is 1. The quantitative estimate of drug-likeness (QED) is 0.898. The number of carbonyl (C=O) groups excluding carboxylic acids is 1. The molecule has 6 heteroatoms. The van der Waals surface area contributed by atoms with E-state index in [2.05, 4.69) is 26.3 Å². The molecule has 0 radical (unpaired) electrons. The van der Waals surface area contributed by atoms with Gasteiger partial charge in [0, 0.05) is 13.6 Å². The summed E-state index contributed by atoms with van der Waals surface area (Å²) in [5.74, 6) is 0.0463. The summed E-state index contributed by atoms with van der Waals surface area (Å²) in [5.41, 5.74) is 2.36. The van der Waals surface area contributed by atoms with Crippen LogP contribution in [0.2, 0.25) is 0 Å². The zero-order valence-corrected chi connectivity index (χ0v) is 12.9. The molecule has 2 rings (SSSR count). The highest BCUT2D eigenvalue weighted by molar-refractivity contribution is 9.10. The number of aromatic hydroxyl groups is 1. The van der Waals surface area contributed by atoms with Crippen LogP contribution in [0.4, 0.5) is 0 Å². The minimum atomic E-state index is -0.195. The summed E-state index contributed by atoms with van der Waals surface area (Å²) in [6.45, 7) is 2.41. The van der Waals surface area contributed by atoms with Crippen LogP contribution in [0.5, 0.6) is 5.75 Å². The van der Waals surface area contributed by atoms with E-state index in [-0.39, 0.29) is 11.7 Å². The van der Waals surface area contributed by atoms with E-state index in [1.165, 1.54) is 0 Å². The minimum Gasteiger partial charge on any atom is -0.508 e. The van der Waals surface area contributed by atoms with E-state index in [1.807, 2.05) is 19.1 Å². The third-order valence-electron chi connectivity index (χ3n) is 3.11. The Balaban J connectivity index is 1.92. The molecule has 2 aromatic rings. The first kappa shape index (κ1) is 14.6. The predicted octanol–water partition coefficient (Wildman–Crippen LogP) is 2.17. The number of amides is 1. The first-order chi connectivity index (χ1) is 9.49. The molecule has 0 unspecified atom stereocenters. The Bertz CT molecular complexity index is 620. The van der Waals surface area contributed by atoms with E-state index in [9.17, 15) is 9.90 Å². The molecule has 106 valence electrons. The third-order valence-corrected chi connectivity index (χ3v) is 4.06. The SMILES string of the molecule is Cc1c(Br)c(C(=O)NCCc2ccc(O)cc2)nn1C. The van der Waals surface area contributed by atoms with E-state index >= 15 is 0 Å². The van der Waals surface area contributed by atoms with Crippen LogP contribution < -0.4 is 5.32 Å². The van der Waals surface area contributed by atoms with Crippen molar-refractivity contribution in [3.05, 3.63) is 45.7 Å². The number of halogens is 1. The Labute approximate surface area is 125 Å². The van der Waals surface area contributed by atoms with Gasteiger partial charge in [0.15, 0.2) is 5.69 Å². The van der Waals surface area contributed by atoms with Crippen molar-refractivity contribution >= 4 is 21.8 Å². The van der Waals surface area contributed by atoms with E-state index in [4.69, 9.17) is 0 Å². The highest BCUT2D eigenvalue weighted by Gasteiger charge is 2.16. The fraction of sp³-hybridized carbons (Fsp3) is 0.286. The summed E-state index contributed by atoms with van der Waals surface area (Å²) in [7, 11) is 1.80. The molecule has 5 nitrogen and oxygen atoms in total. The molecule has 2 N–H and O–H groups in total. The van der Waals surface area contributed by atoms with Crippen LogP contribution in [0, 0.1) is 6.92 Å². The minimum absolute atomic E-state index is 0.195. The predicted molar refractivity (Wildman–Crippen MR) is 79.8 cm³/mol. The molecule has 1 heterocycles. The third kappa shape index (κ3) is 3.19. The Kier molecular flexibility index (Phi) is 4.44. The van der Waals surface area contributed by atoms with Gasteiger partial charge in [0.05, 0.1) is 10.2 Å². The van der Waals surface area contributed by atoms with Crippen molar-refractivity contribution < 1.29 is 9.90 Å². The Hall–Kier alpha value is -1.82. The van der Waals surface area contributed by atoms with Gasteiger partial charge in [0.25, 0.3) is 5.91 Å². The summed E-state index contributed by atoms with van der Waals surface area (Å²) >= 11 is 3.37. The van der Waals surface area contributed by atoms with Gasteiger partial charge in [-0.3, -0.25) is 9.48 Å². The first-order valence-corrected chi connectivity index (χ1v) is 7.03. The van der Waals surface area contributed by atoms with Crippen LogP contribution in [0.15, 0.2) is 28.7 Å².